The van der Waals surface area contributed by atoms with Crippen LogP contribution in [0.4, 0.5) is 13.2 Å². The largest absolute Gasteiger partial charge is 0.470 e. The van der Waals surface area contributed by atoms with Gasteiger partial charge >= 0.3 is 0 Å². The minimum Gasteiger partial charge on any atom is -0.470 e. The summed E-state index contributed by atoms with van der Waals surface area (Å²) in [6.07, 6.45) is -1.47. The lowest BCUT2D eigenvalue weighted by atomic mass is 9.92. The second-order valence-corrected chi connectivity index (χ2v) is 4.30. The molecule has 1 aromatic heterocycles. The molecule has 0 radical (unpaired) electrons. The van der Waals surface area contributed by atoms with Gasteiger partial charge < -0.3 is 4.74 Å². The van der Waals surface area contributed by atoms with Gasteiger partial charge in [0, 0.05) is 5.41 Å². The number of alkyl halides is 2. The first kappa shape index (κ1) is 12.7. The van der Waals surface area contributed by atoms with Crippen LogP contribution < -0.4 is 4.74 Å². The molecule has 0 unspecified atom stereocenters. The topological polar surface area (TPSA) is 35.0 Å². The van der Waals surface area contributed by atoms with Crippen LogP contribution in [0.15, 0.2) is 6.20 Å². The summed E-state index contributed by atoms with van der Waals surface area (Å²) in [7, 11) is 0. The third-order valence-electron chi connectivity index (χ3n) is 1.78. The molecule has 0 aromatic carbocycles. The van der Waals surface area contributed by atoms with Crippen molar-refractivity contribution in [1.29, 1.82) is 0 Å². The zero-order valence-electron chi connectivity index (χ0n) is 9.30. The van der Waals surface area contributed by atoms with E-state index >= 15 is 0 Å². The SMILES string of the molecule is CC(C)(C)c1ncc(OCC(F)F)nc1F. The van der Waals surface area contributed by atoms with E-state index in [1.165, 1.54) is 0 Å². The highest BCUT2D eigenvalue weighted by Crippen LogP contribution is 2.23. The Bertz CT molecular complexity index is 364. The molecule has 6 heteroatoms. The molecule has 0 aliphatic carbocycles. The maximum atomic E-state index is 13.4. The molecular weight excluding hydrogens is 221 g/mol. The molecule has 1 aromatic rings. The lowest BCUT2D eigenvalue weighted by molar-refractivity contribution is 0.0787. The van der Waals surface area contributed by atoms with Crippen LogP contribution in [0.5, 0.6) is 5.88 Å². The predicted octanol–water partition coefficient (Wildman–Crippen LogP) is 2.56. The summed E-state index contributed by atoms with van der Waals surface area (Å²) in [6.45, 7) is 4.52. The maximum Gasteiger partial charge on any atom is 0.272 e. The number of nitrogens with zero attached hydrogens (tertiary/aromatic N) is 2. The minimum atomic E-state index is -2.62. The third kappa shape index (κ3) is 3.36. The molecule has 0 atom stereocenters. The van der Waals surface area contributed by atoms with Gasteiger partial charge in [0.05, 0.1) is 6.20 Å². The van der Waals surface area contributed by atoms with Crippen molar-refractivity contribution in [2.75, 3.05) is 6.61 Å². The monoisotopic (exact) mass is 234 g/mol. The van der Waals surface area contributed by atoms with Crippen molar-refractivity contribution in [2.24, 2.45) is 0 Å². The first-order chi connectivity index (χ1) is 7.30. The van der Waals surface area contributed by atoms with Gasteiger partial charge in [0.2, 0.25) is 11.8 Å². The number of rotatable bonds is 3. The van der Waals surface area contributed by atoms with Gasteiger partial charge in [-0.15, -0.1) is 0 Å². The standard InChI is InChI=1S/C10H13F3N2O/c1-10(2,3)8-9(13)15-7(4-14-8)16-5-6(11)12/h4,6H,5H2,1-3H3. The highest BCUT2D eigenvalue weighted by molar-refractivity contribution is 5.15. The summed E-state index contributed by atoms with van der Waals surface area (Å²) >= 11 is 0. The highest BCUT2D eigenvalue weighted by Gasteiger charge is 2.22. The van der Waals surface area contributed by atoms with Crippen LogP contribution >= 0.6 is 0 Å². The van der Waals surface area contributed by atoms with Crippen LogP contribution in [0.1, 0.15) is 26.5 Å². The summed E-state index contributed by atoms with van der Waals surface area (Å²) in [6, 6.07) is 0. The Morgan fingerprint density at radius 1 is 1.38 bits per heavy atom. The molecule has 0 bridgehead atoms. The second kappa shape index (κ2) is 4.67. The number of aromatic nitrogens is 2. The molecule has 0 N–H and O–H groups in total. The molecule has 0 saturated carbocycles. The van der Waals surface area contributed by atoms with Crippen LogP contribution in [-0.2, 0) is 5.41 Å². The van der Waals surface area contributed by atoms with Crippen molar-refractivity contribution in [3.63, 3.8) is 0 Å². The Labute approximate surface area is 91.7 Å². The molecule has 0 spiro atoms. The molecule has 0 aliphatic heterocycles. The van der Waals surface area contributed by atoms with E-state index in [0.29, 0.717) is 0 Å². The molecule has 3 nitrogen and oxygen atoms in total. The van der Waals surface area contributed by atoms with E-state index in [-0.39, 0.29) is 11.6 Å². The molecular formula is C10H13F3N2O. The first-order valence-electron chi connectivity index (χ1n) is 4.74. The zero-order chi connectivity index (χ0) is 12.3. The summed E-state index contributed by atoms with van der Waals surface area (Å²) < 4.78 is 41.6. The Balaban J connectivity index is 2.83. The van der Waals surface area contributed by atoms with Crippen LogP contribution in [0.3, 0.4) is 0 Å². The number of hydrogen-bond donors (Lipinski definition) is 0. The summed E-state index contributed by atoms with van der Waals surface area (Å²) in [5, 5.41) is 0. The first-order valence-corrected chi connectivity index (χ1v) is 4.74. The van der Waals surface area contributed by atoms with Gasteiger partial charge in [-0.3, -0.25) is 4.98 Å². The van der Waals surface area contributed by atoms with Crippen molar-refractivity contribution < 1.29 is 17.9 Å². The van der Waals surface area contributed by atoms with Crippen molar-refractivity contribution in [1.82, 2.24) is 9.97 Å². The summed E-state index contributed by atoms with van der Waals surface area (Å²) in [4.78, 5) is 7.25. The second-order valence-electron chi connectivity index (χ2n) is 4.30. The van der Waals surface area contributed by atoms with Crippen LogP contribution in [0.2, 0.25) is 0 Å². The van der Waals surface area contributed by atoms with Gasteiger partial charge in [0.1, 0.15) is 5.69 Å². The Morgan fingerprint density at radius 3 is 2.44 bits per heavy atom. The lowest BCUT2D eigenvalue weighted by Crippen LogP contribution is -2.18. The number of ether oxygens (including phenoxy) is 1. The third-order valence-corrected chi connectivity index (χ3v) is 1.78. The Hall–Kier alpha value is -1.33. The smallest absolute Gasteiger partial charge is 0.272 e. The summed E-state index contributed by atoms with van der Waals surface area (Å²) in [5.41, 5.74) is -0.310. The molecule has 1 rings (SSSR count). The van der Waals surface area contributed by atoms with Crippen LogP contribution in [0, 0.1) is 5.95 Å². The fourth-order valence-corrected chi connectivity index (χ4v) is 1.07. The van der Waals surface area contributed by atoms with Crippen molar-refractivity contribution in [3.05, 3.63) is 17.8 Å². The van der Waals surface area contributed by atoms with Gasteiger partial charge in [-0.25, -0.2) is 8.78 Å². The van der Waals surface area contributed by atoms with Crippen molar-refractivity contribution in [2.45, 2.75) is 32.6 Å². The zero-order valence-corrected chi connectivity index (χ0v) is 9.30. The van der Waals surface area contributed by atoms with Crippen LogP contribution in [-0.4, -0.2) is 23.0 Å². The molecule has 0 saturated heterocycles. The van der Waals surface area contributed by atoms with E-state index in [1.807, 2.05) is 0 Å². The van der Waals surface area contributed by atoms with Gasteiger partial charge in [-0.2, -0.15) is 9.37 Å². The average Bonchev–Trinajstić information content (AvgIpc) is 2.12. The molecule has 0 fully saturated rings. The molecule has 0 aliphatic rings. The maximum absolute atomic E-state index is 13.4. The van der Waals surface area contributed by atoms with E-state index in [1.54, 1.807) is 20.8 Å². The van der Waals surface area contributed by atoms with E-state index in [2.05, 4.69) is 14.7 Å². The Kier molecular flexibility index (Phi) is 3.72. The van der Waals surface area contributed by atoms with E-state index < -0.39 is 24.4 Å². The van der Waals surface area contributed by atoms with E-state index in [9.17, 15) is 13.2 Å². The normalized spacial score (nSPS) is 11.9. The van der Waals surface area contributed by atoms with Crippen molar-refractivity contribution >= 4 is 0 Å². The van der Waals surface area contributed by atoms with Gasteiger partial charge in [-0.1, -0.05) is 20.8 Å². The quantitative estimate of drug-likeness (QED) is 0.806. The Morgan fingerprint density at radius 2 is 2.00 bits per heavy atom. The van der Waals surface area contributed by atoms with Gasteiger partial charge in [-0.05, 0) is 0 Å². The lowest BCUT2D eigenvalue weighted by Gasteiger charge is -2.17. The van der Waals surface area contributed by atoms with Gasteiger partial charge in [0.15, 0.2) is 6.61 Å². The number of halogens is 3. The number of hydrogen-bond acceptors (Lipinski definition) is 3. The molecule has 16 heavy (non-hydrogen) atoms. The highest BCUT2D eigenvalue weighted by atomic mass is 19.3. The predicted molar refractivity (Wildman–Crippen MR) is 52.2 cm³/mol. The van der Waals surface area contributed by atoms with Gasteiger partial charge in [0.25, 0.3) is 6.43 Å². The van der Waals surface area contributed by atoms with E-state index in [0.717, 1.165) is 6.20 Å². The molecule has 90 valence electrons. The van der Waals surface area contributed by atoms with E-state index in [4.69, 9.17) is 0 Å². The molecule has 1 heterocycles. The van der Waals surface area contributed by atoms with Crippen LogP contribution in [0.25, 0.3) is 0 Å². The average molecular weight is 234 g/mol. The molecule has 0 amide bonds. The fraction of sp³-hybridized carbons (Fsp3) is 0.600. The minimum absolute atomic E-state index is 0.178. The van der Waals surface area contributed by atoms with Crippen molar-refractivity contribution in [3.8, 4) is 5.88 Å². The summed E-state index contributed by atoms with van der Waals surface area (Å²) in [5.74, 6) is -1.02. The fourth-order valence-electron chi connectivity index (χ4n) is 1.07.